The molecule has 4 nitrogen and oxygen atoms in total. The molecule has 0 radical (unpaired) electrons. The quantitative estimate of drug-likeness (QED) is 0.820. The Morgan fingerprint density at radius 2 is 2.15 bits per heavy atom. The van der Waals surface area contributed by atoms with Crippen LogP contribution in [0.15, 0.2) is 15.9 Å². The lowest BCUT2D eigenvalue weighted by molar-refractivity contribution is 0.0689. The Morgan fingerprint density at radius 1 is 1.50 bits per heavy atom. The van der Waals surface area contributed by atoms with Gasteiger partial charge in [-0.25, -0.2) is 13.6 Å². The number of fused-ring (bicyclic) bond motifs is 3. The average Bonchev–Trinajstić information content (AvgIpc) is 2.37. The number of carbonyl (C=O) groups is 1. The fourth-order valence-electron chi connectivity index (χ4n) is 2.26. The van der Waals surface area contributed by atoms with Gasteiger partial charge < -0.3 is 9.67 Å². The Hall–Kier alpha value is -1.60. The first-order valence-electron chi connectivity index (χ1n) is 5.50. The lowest BCUT2D eigenvalue weighted by atomic mass is 10.1. The molecule has 104 valence electrons. The van der Waals surface area contributed by atoms with Crippen LogP contribution in [0.4, 0.5) is 8.78 Å². The molecule has 20 heavy (non-hydrogen) atoms. The monoisotopic (exact) mass is 317 g/mol. The molecule has 2 aromatic rings. The van der Waals surface area contributed by atoms with Crippen LogP contribution >= 0.6 is 23.4 Å². The number of pyridine rings is 1. The first kappa shape index (κ1) is 13.4. The zero-order chi connectivity index (χ0) is 14.8. The van der Waals surface area contributed by atoms with Crippen LogP contribution in [0.3, 0.4) is 0 Å². The van der Waals surface area contributed by atoms with Gasteiger partial charge in [0.15, 0.2) is 11.6 Å². The van der Waals surface area contributed by atoms with Crippen LogP contribution in [0.2, 0.25) is 5.02 Å². The van der Waals surface area contributed by atoms with Gasteiger partial charge in [-0.2, -0.15) is 0 Å². The second-order valence-corrected chi connectivity index (χ2v) is 5.97. The number of rotatable bonds is 1. The molecular weight excluding hydrogens is 312 g/mol. The van der Waals surface area contributed by atoms with Crippen molar-refractivity contribution in [1.29, 1.82) is 0 Å². The molecule has 2 heterocycles. The summed E-state index contributed by atoms with van der Waals surface area (Å²) < 4.78 is 28.4. The third-order valence-corrected chi connectivity index (χ3v) is 4.66. The maximum absolute atomic E-state index is 13.6. The van der Waals surface area contributed by atoms with Crippen LogP contribution in [-0.2, 0) is 0 Å². The van der Waals surface area contributed by atoms with Crippen LogP contribution in [0.1, 0.15) is 22.7 Å². The number of aromatic nitrogens is 1. The van der Waals surface area contributed by atoms with E-state index in [0.29, 0.717) is 6.07 Å². The van der Waals surface area contributed by atoms with Crippen LogP contribution < -0.4 is 5.43 Å². The van der Waals surface area contributed by atoms with Crippen molar-refractivity contribution in [2.75, 3.05) is 0 Å². The summed E-state index contributed by atoms with van der Waals surface area (Å²) in [5.41, 5.74) is -1.27. The largest absolute Gasteiger partial charge is 0.477 e. The van der Waals surface area contributed by atoms with E-state index in [0.717, 1.165) is 11.8 Å². The van der Waals surface area contributed by atoms with Crippen molar-refractivity contribution in [3.63, 3.8) is 0 Å². The fraction of sp³-hybridized carbons (Fsp3) is 0.167. The fourth-order valence-corrected chi connectivity index (χ4v) is 3.69. The molecule has 1 aliphatic rings. The van der Waals surface area contributed by atoms with Gasteiger partial charge in [0.1, 0.15) is 10.6 Å². The van der Waals surface area contributed by atoms with E-state index in [2.05, 4.69) is 0 Å². The average molecular weight is 318 g/mol. The summed E-state index contributed by atoms with van der Waals surface area (Å²) in [5, 5.41) is 8.36. The summed E-state index contributed by atoms with van der Waals surface area (Å²) in [6.45, 7) is 1.74. The number of aromatic carboxylic acids is 1. The van der Waals surface area contributed by atoms with Gasteiger partial charge in [0.25, 0.3) is 0 Å². The number of hydrogen-bond donors (Lipinski definition) is 1. The van der Waals surface area contributed by atoms with Gasteiger partial charge in [-0.15, -0.1) is 0 Å². The van der Waals surface area contributed by atoms with Crippen molar-refractivity contribution in [3.8, 4) is 0 Å². The lowest BCUT2D eigenvalue weighted by Crippen LogP contribution is -2.28. The summed E-state index contributed by atoms with van der Waals surface area (Å²) in [7, 11) is 0. The van der Waals surface area contributed by atoms with Crippen LogP contribution in [-0.4, -0.2) is 15.6 Å². The van der Waals surface area contributed by atoms with E-state index in [1.165, 1.54) is 4.57 Å². The van der Waals surface area contributed by atoms with E-state index in [-0.39, 0.29) is 21.3 Å². The molecule has 0 bridgehead atoms. The maximum atomic E-state index is 13.6. The molecule has 0 fully saturated rings. The Labute approximate surface area is 120 Å². The molecule has 0 saturated heterocycles. The molecule has 0 aliphatic carbocycles. The zero-order valence-electron chi connectivity index (χ0n) is 9.91. The summed E-state index contributed by atoms with van der Waals surface area (Å²) in [6.07, 6.45) is 0. The van der Waals surface area contributed by atoms with Crippen molar-refractivity contribution in [2.45, 2.75) is 17.3 Å². The highest BCUT2D eigenvalue weighted by atomic mass is 35.5. The highest BCUT2D eigenvalue weighted by Gasteiger charge is 2.34. The van der Waals surface area contributed by atoms with E-state index in [1.54, 1.807) is 6.92 Å². The number of thioether (sulfide) groups is 1. The second kappa shape index (κ2) is 4.20. The van der Waals surface area contributed by atoms with Crippen molar-refractivity contribution in [2.24, 2.45) is 0 Å². The molecule has 8 heteroatoms. The summed E-state index contributed by atoms with van der Waals surface area (Å²) in [5.74, 6) is -3.93. The van der Waals surface area contributed by atoms with Gasteiger partial charge in [0.05, 0.1) is 21.3 Å². The SMILES string of the molecule is CC1Sc2c(C(=O)O)c(=O)c3cc(F)c(F)c(Cl)c3n21. The number of carboxylic acid groups (broad SMARTS) is 1. The van der Waals surface area contributed by atoms with E-state index >= 15 is 0 Å². The van der Waals surface area contributed by atoms with Gasteiger partial charge in [-0.05, 0) is 13.0 Å². The number of carboxylic acids is 1. The Kier molecular flexibility index (Phi) is 2.81. The molecule has 0 spiro atoms. The molecule has 1 unspecified atom stereocenters. The zero-order valence-corrected chi connectivity index (χ0v) is 11.5. The molecular formula is C12H6ClF2NO3S. The molecule has 1 aromatic heterocycles. The Bertz CT molecular complexity index is 849. The Morgan fingerprint density at radius 3 is 2.70 bits per heavy atom. The molecule has 3 rings (SSSR count). The molecule has 1 N–H and O–H groups in total. The predicted molar refractivity (Wildman–Crippen MR) is 70.7 cm³/mol. The van der Waals surface area contributed by atoms with Gasteiger partial charge >= 0.3 is 5.97 Å². The molecule has 1 aromatic carbocycles. The van der Waals surface area contributed by atoms with Crippen LogP contribution in [0.25, 0.3) is 10.9 Å². The van der Waals surface area contributed by atoms with Crippen molar-refractivity contribution in [1.82, 2.24) is 4.57 Å². The maximum Gasteiger partial charge on any atom is 0.342 e. The topological polar surface area (TPSA) is 59.3 Å². The van der Waals surface area contributed by atoms with Gasteiger partial charge in [0, 0.05) is 0 Å². The van der Waals surface area contributed by atoms with Crippen molar-refractivity contribution >= 4 is 40.2 Å². The second-order valence-electron chi connectivity index (χ2n) is 4.28. The normalized spacial score (nSPS) is 16.9. The number of nitrogens with zero attached hydrogens (tertiary/aromatic N) is 1. The van der Waals surface area contributed by atoms with E-state index in [1.807, 2.05) is 0 Å². The third-order valence-electron chi connectivity index (χ3n) is 3.14. The molecule has 1 aliphatic heterocycles. The van der Waals surface area contributed by atoms with E-state index < -0.39 is 33.6 Å². The highest BCUT2D eigenvalue weighted by molar-refractivity contribution is 8.00. The summed E-state index contributed by atoms with van der Waals surface area (Å²) >= 11 is 6.94. The molecule has 1 atom stereocenters. The van der Waals surface area contributed by atoms with E-state index in [9.17, 15) is 18.4 Å². The number of hydrogen-bond acceptors (Lipinski definition) is 3. The summed E-state index contributed by atoms with van der Waals surface area (Å²) in [6, 6.07) is 0.689. The van der Waals surface area contributed by atoms with Crippen molar-refractivity contribution < 1.29 is 18.7 Å². The van der Waals surface area contributed by atoms with Gasteiger partial charge in [-0.1, -0.05) is 23.4 Å². The standard InChI is InChI=1S/C12H6ClF2NO3S/c1-3-16-9-4(2-5(14)8(15)7(9)13)10(17)6(12(18)19)11(16)20-3/h2-3H,1H3,(H,18,19). The molecule has 0 amide bonds. The van der Waals surface area contributed by atoms with Gasteiger partial charge in [-0.3, -0.25) is 4.79 Å². The first-order valence-corrected chi connectivity index (χ1v) is 6.76. The first-order chi connectivity index (χ1) is 9.34. The van der Waals surface area contributed by atoms with Crippen LogP contribution in [0.5, 0.6) is 0 Å². The number of benzene rings is 1. The molecule has 0 saturated carbocycles. The lowest BCUT2D eigenvalue weighted by Gasteiger charge is -2.32. The predicted octanol–water partition coefficient (Wildman–Crippen LogP) is 3.26. The third kappa shape index (κ3) is 1.53. The van der Waals surface area contributed by atoms with Crippen molar-refractivity contribution in [3.05, 3.63) is 38.5 Å². The summed E-state index contributed by atoms with van der Waals surface area (Å²) in [4.78, 5) is 23.3. The minimum atomic E-state index is -1.40. The van der Waals surface area contributed by atoms with Crippen LogP contribution in [0, 0.1) is 11.6 Å². The highest BCUT2D eigenvalue weighted by Crippen LogP contribution is 2.47. The minimum absolute atomic E-state index is 0.0295. The number of halogens is 3. The Balaban J connectivity index is 2.61. The smallest absolute Gasteiger partial charge is 0.342 e. The van der Waals surface area contributed by atoms with E-state index in [4.69, 9.17) is 16.7 Å². The minimum Gasteiger partial charge on any atom is -0.477 e. The van der Waals surface area contributed by atoms with Gasteiger partial charge in [0.2, 0.25) is 5.43 Å².